The molecule has 2 aromatic rings. The Hall–Kier alpha value is -1.56. The van der Waals surface area contributed by atoms with E-state index in [0.29, 0.717) is 6.42 Å². The Morgan fingerprint density at radius 2 is 1.62 bits per heavy atom. The summed E-state index contributed by atoms with van der Waals surface area (Å²) in [6.07, 6.45) is -0.0320. The third-order valence-corrected chi connectivity index (χ3v) is 3.94. The van der Waals surface area contributed by atoms with Crippen LogP contribution in [-0.2, 0) is 18.2 Å². The van der Waals surface area contributed by atoms with Crippen molar-refractivity contribution in [3.8, 4) is 0 Å². The first-order chi connectivity index (χ1) is 10.6. The Bertz CT molecular complexity index is 661. The number of aryl methyl sites for hydroxylation is 4. The first-order valence-corrected chi connectivity index (χ1v) is 7.77. The molecule has 0 aliphatic heterocycles. The highest BCUT2D eigenvalue weighted by Crippen LogP contribution is 2.22. The van der Waals surface area contributed by atoms with Crippen molar-refractivity contribution in [2.75, 3.05) is 0 Å². The quantitative estimate of drug-likeness (QED) is 0.667. The maximum absolute atomic E-state index is 8.46. The normalized spacial score (nSPS) is 13.8. The second-order valence-corrected chi connectivity index (χ2v) is 6.94. The Labute approximate surface area is 133 Å². The molecule has 0 radical (unpaired) electrons. The SMILES string of the molecule is [2H]C([2H])(CCc1ccc(C(C)(C)C)cc1)c1cc(C)ccc1C. The molecular formula is C21H28. The molecule has 0 saturated carbocycles. The molecule has 0 aliphatic rings. The molecule has 0 bridgehead atoms. The van der Waals surface area contributed by atoms with E-state index in [4.69, 9.17) is 2.74 Å². The van der Waals surface area contributed by atoms with Crippen LogP contribution >= 0.6 is 0 Å². The lowest BCUT2D eigenvalue weighted by Crippen LogP contribution is -2.10. The largest absolute Gasteiger partial charge is 0.0590 e. The van der Waals surface area contributed by atoms with Gasteiger partial charge in [0.1, 0.15) is 0 Å². The number of benzene rings is 2. The third kappa shape index (κ3) is 4.46. The van der Waals surface area contributed by atoms with Crippen molar-refractivity contribution < 1.29 is 2.74 Å². The van der Waals surface area contributed by atoms with E-state index < -0.39 is 6.37 Å². The molecule has 2 aromatic carbocycles. The van der Waals surface area contributed by atoms with Gasteiger partial charge in [0.15, 0.2) is 0 Å². The van der Waals surface area contributed by atoms with Crippen LogP contribution in [-0.4, -0.2) is 0 Å². The molecule has 0 amide bonds. The van der Waals surface area contributed by atoms with Gasteiger partial charge in [-0.15, -0.1) is 0 Å². The molecule has 0 spiro atoms. The van der Waals surface area contributed by atoms with Crippen molar-refractivity contribution in [3.63, 3.8) is 0 Å². The molecule has 0 unspecified atom stereocenters. The van der Waals surface area contributed by atoms with E-state index in [1.807, 2.05) is 32.0 Å². The number of hydrogen-bond acceptors (Lipinski definition) is 0. The van der Waals surface area contributed by atoms with Gasteiger partial charge in [-0.2, -0.15) is 0 Å². The van der Waals surface area contributed by atoms with Crippen molar-refractivity contribution >= 4 is 0 Å². The van der Waals surface area contributed by atoms with E-state index in [2.05, 4.69) is 45.0 Å². The first kappa shape index (κ1) is 13.1. The molecule has 0 nitrogen and oxygen atoms in total. The second kappa shape index (κ2) is 6.47. The summed E-state index contributed by atoms with van der Waals surface area (Å²) in [5, 5.41) is 0. The lowest BCUT2D eigenvalue weighted by Gasteiger charge is -2.19. The molecule has 0 fully saturated rings. The van der Waals surface area contributed by atoms with Gasteiger partial charge in [-0.25, -0.2) is 0 Å². The van der Waals surface area contributed by atoms with Crippen LogP contribution in [0, 0.1) is 13.8 Å². The van der Waals surface area contributed by atoms with Crippen LogP contribution in [0.2, 0.25) is 0 Å². The van der Waals surface area contributed by atoms with Crippen molar-refractivity contribution in [3.05, 3.63) is 70.3 Å². The van der Waals surface area contributed by atoms with Crippen LogP contribution in [0.25, 0.3) is 0 Å². The van der Waals surface area contributed by atoms with E-state index in [0.717, 1.165) is 23.1 Å². The minimum absolute atomic E-state index is 0.159. The average molecular weight is 282 g/mol. The number of rotatable bonds is 4. The van der Waals surface area contributed by atoms with Gasteiger partial charge >= 0.3 is 0 Å². The summed E-state index contributed by atoms with van der Waals surface area (Å²) < 4.78 is 16.9. The zero-order valence-corrected chi connectivity index (χ0v) is 14.0. The lowest BCUT2D eigenvalue weighted by atomic mass is 9.86. The minimum atomic E-state index is -1.29. The Morgan fingerprint density at radius 3 is 2.24 bits per heavy atom. The summed E-state index contributed by atoms with van der Waals surface area (Å²) in [5.41, 5.74) is 5.65. The molecule has 0 atom stereocenters. The Morgan fingerprint density at radius 1 is 0.952 bits per heavy atom. The third-order valence-electron chi connectivity index (χ3n) is 3.94. The maximum atomic E-state index is 8.46. The second-order valence-electron chi connectivity index (χ2n) is 6.94. The van der Waals surface area contributed by atoms with Crippen molar-refractivity contribution in [2.45, 2.75) is 59.2 Å². The van der Waals surface area contributed by atoms with Gasteiger partial charge in [0.2, 0.25) is 0 Å². The predicted molar refractivity (Wildman–Crippen MR) is 93.1 cm³/mol. The molecule has 0 N–H and O–H groups in total. The molecule has 0 saturated heterocycles. The highest BCUT2D eigenvalue weighted by atomic mass is 14.2. The van der Waals surface area contributed by atoms with E-state index in [9.17, 15) is 0 Å². The topological polar surface area (TPSA) is 0 Å². The molecule has 0 aromatic heterocycles. The fourth-order valence-electron chi connectivity index (χ4n) is 2.44. The van der Waals surface area contributed by atoms with Crippen LogP contribution in [0.15, 0.2) is 42.5 Å². The zero-order valence-electron chi connectivity index (χ0n) is 16.0. The summed E-state index contributed by atoms with van der Waals surface area (Å²) >= 11 is 0. The van der Waals surface area contributed by atoms with Crippen molar-refractivity contribution in [1.29, 1.82) is 0 Å². The summed E-state index contributed by atoms with van der Waals surface area (Å²) in [5.74, 6) is 0. The summed E-state index contributed by atoms with van der Waals surface area (Å²) in [4.78, 5) is 0. The molecule has 2 rings (SSSR count). The molecule has 21 heavy (non-hydrogen) atoms. The van der Waals surface area contributed by atoms with Gasteiger partial charge in [-0.3, -0.25) is 0 Å². The molecule has 0 heteroatoms. The van der Waals surface area contributed by atoms with Crippen LogP contribution < -0.4 is 0 Å². The van der Waals surface area contributed by atoms with Crippen LogP contribution in [0.1, 0.15) is 57.8 Å². The predicted octanol–water partition coefficient (Wildman–Crippen LogP) is 5.78. The molecule has 0 heterocycles. The van der Waals surface area contributed by atoms with E-state index in [-0.39, 0.29) is 5.41 Å². The summed E-state index contributed by atoms with van der Waals surface area (Å²) in [7, 11) is 0. The average Bonchev–Trinajstić information content (AvgIpc) is 2.47. The zero-order chi connectivity index (χ0) is 17.3. The van der Waals surface area contributed by atoms with Gasteiger partial charge in [-0.1, -0.05) is 68.8 Å². The Balaban J connectivity index is 2.11. The van der Waals surface area contributed by atoms with Crippen molar-refractivity contribution in [2.24, 2.45) is 0 Å². The van der Waals surface area contributed by atoms with Crippen LogP contribution in [0.3, 0.4) is 0 Å². The van der Waals surface area contributed by atoms with E-state index >= 15 is 0 Å². The van der Waals surface area contributed by atoms with E-state index in [1.54, 1.807) is 0 Å². The van der Waals surface area contributed by atoms with Crippen molar-refractivity contribution in [1.82, 2.24) is 0 Å². The fourth-order valence-corrected chi connectivity index (χ4v) is 2.44. The first-order valence-electron chi connectivity index (χ1n) is 8.77. The molecular weight excluding hydrogens is 252 g/mol. The minimum Gasteiger partial charge on any atom is -0.0590 e. The lowest BCUT2D eigenvalue weighted by molar-refractivity contribution is 0.590. The number of hydrogen-bond donors (Lipinski definition) is 0. The monoisotopic (exact) mass is 282 g/mol. The van der Waals surface area contributed by atoms with Crippen LogP contribution in [0.4, 0.5) is 0 Å². The highest BCUT2D eigenvalue weighted by molar-refractivity contribution is 5.31. The maximum Gasteiger partial charge on any atom is 0.0316 e. The van der Waals surface area contributed by atoms with Gasteiger partial charge in [0.25, 0.3) is 0 Å². The molecule has 112 valence electrons. The van der Waals surface area contributed by atoms with Gasteiger partial charge in [0, 0.05) is 2.74 Å². The van der Waals surface area contributed by atoms with E-state index in [1.165, 1.54) is 11.1 Å². The van der Waals surface area contributed by atoms with Gasteiger partial charge < -0.3 is 0 Å². The standard InChI is InChI=1S/C21H28/c1-16-9-10-17(2)19(15-16)8-6-7-18-11-13-20(14-12-18)21(3,4)5/h9-15H,6-8H2,1-5H3/i8D2. The fraction of sp³-hybridized carbons (Fsp3) is 0.429. The molecule has 0 aliphatic carbocycles. The van der Waals surface area contributed by atoms with Crippen LogP contribution in [0.5, 0.6) is 0 Å². The highest BCUT2D eigenvalue weighted by Gasteiger charge is 2.12. The smallest absolute Gasteiger partial charge is 0.0316 e. The summed E-state index contributed by atoms with van der Waals surface area (Å²) in [6, 6.07) is 14.7. The van der Waals surface area contributed by atoms with Gasteiger partial charge in [0.05, 0.1) is 0 Å². The van der Waals surface area contributed by atoms with Gasteiger partial charge in [-0.05, 0) is 60.7 Å². The Kier molecular flexibility index (Phi) is 4.05. The summed E-state index contributed by atoms with van der Waals surface area (Å²) in [6.45, 7) is 10.6.